The van der Waals surface area contributed by atoms with E-state index >= 15 is 0 Å². The number of benzene rings is 2. The highest BCUT2D eigenvalue weighted by atomic mass is 79.9. The van der Waals surface area contributed by atoms with Gasteiger partial charge in [0.1, 0.15) is 5.82 Å². The zero-order chi connectivity index (χ0) is 16.8. The maximum absolute atomic E-state index is 13.0. The Kier molecular flexibility index (Phi) is 6.29. The summed E-state index contributed by atoms with van der Waals surface area (Å²) in [5, 5.41) is 5.36. The molecule has 7 heteroatoms. The predicted molar refractivity (Wildman–Crippen MR) is 93.8 cm³/mol. The van der Waals surface area contributed by atoms with Gasteiger partial charge in [-0.2, -0.15) is 0 Å². The van der Waals surface area contributed by atoms with Crippen LogP contribution >= 0.6 is 31.9 Å². The van der Waals surface area contributed by atoms with Crippen molar-refractivity contribution in [3.05, 3.63) is 62.8 Å². The van der Waals surface area contributed by atoms with E-state index < -0.39 is 5.82 Å². The Hall–Kier alpha value is -1.73. The summed E-state index contributed by atoms with van der Waals surface area (Å²) >= 11 is 6.45. The van der Waals surface area contributed by atoms with Crippen LogP contribution in [0.25, 0.3) is 0 Å². The van der Waals surface area contributed by atoms with Crippen LogP contribution in [-0.2, 0) is 4.79 Å². The van der Waals surface area contributed by atoms with Crippen molar-refractivity contribution in [3.63, 3.8) is 0 Å². The van der Waals surface area contributed by atoms with Crippen LogP contribution in [0, 0.1) is 5.82 Å². The van der Waals surface area contributed by atoms with Gasteiger partial charge in [0.2, 0.25) is 5.91 Å². The first-order valence-corrected chi connectivity index (χ1v) is 8.33. The van der Waals surface area contributed by atoms with Crippen molar-refractivity contribution in [2.75, 3.05) is 11.9 Å². The largest absolute Gasteiger partial charge is 0.351 e. The second kappa shape index (κ2) is 8.21. The SMILES string of the molecule is O=C(CCNC(=O)c1ccc(F)cc1Br)Nc1ccc(Br)cc1. The fraction of sp³-hybridized carbons (Fsp3) is 0.125. The molecule has 0 bridgehead atoms. The van der Waals surface area contributed by atoms with E-state index in [1.54, 1.807) is 12.1 Å². The minimum absolute atomic E-state index is 0.140. The molecule has 0 aliphatic carbocycles. The van der Waals surface area contributed by atoms with Gasteiger partial charge in [-0.05, 0) is 58.4 Å². The molecule has 2 aromatic rings. The lowest BCUT2D eigenvalue weighted by molar-refractivity contribution is -0.116. The summed E-state index contributed by atoms with van der Waals surface area (Å²) in [7, 11) is 0. The van der Waals surface area contributed by atoms with Crippen LogP contribution in [-0.4, -0.2) is 18.4 Å². The monoisotopic (exact) mass is 442 g/mol. The number of hydrogen-bond donors (Lipinski definition) is 2. The Bertz CT molecular complexity index is 721. The maximum atomic E-state index is 13.0. The lowest BCUT2D eigenvalue weighted by Crippen LogP contribution is -2.28. The molecule has 0 aromatic heterocycles. The van der Waals surface area contributed by atoms with E-state index in [9.17, 15) is 14.0 Å². The van der Waals surface area contributed by atoms with Crippen molar-refractivity contribution in [1.82, 2.24) is 5.32 Å². The summed E-state index contributed by atoms with van der Waals surface area (Å²) in [5.41, 5.74) is 1.01. The molecule has 0 unspecified atom stereocenters. The van der Waals surface area contributed by atoms with Gasteiger partial charge in [-0.1, -0.05) is 15.9 Å². The van der Waals surface area contributed by atoms with Crippen molar-refractivity contribution in [2.45, 2.75) is 6.42 Å². The summed E-state index contributed by atoms with van der Waals surface area (Å²) in [6.07, 6.45) is 0.140. The summed E-state index contributed by atoms with van der Waals surface area (Å²) in [5.74, 6) is -0.999. The van der Waals surface area contributed by atoms with Gasteiger partial charge in [-0.3, -0.25) is 9.59 Å². The summed E-state index contributed by atoms with van der Waals surface area (Å²) in [6.45, 7) is 0.186. The van der Waals surface area contributed by atoms with Crippen molar-refractivity contribution in [3.8, 4) is 0 Å². The number of rotatable bonds is 5. The molecular formula is C16H13Br2FN2O2. The molecule has 0 heterocycles. The van der Waals surface area contributed by atoms with Crippen LogP contribution in [0.2, 0.25) is 0 Å². The fourth-order valence-electron chi connectivity index (χ4n) is 1.82. The van der Waals surface area contributed by atoms with Gasteiger partial charge in [0.25, 0.3) is 5.91 Å². The number of carbonyl (C=O) groups excluding carboxylic acids is 2. The molecule has 0 atom stereocenters. The average Bonchev–Trinajstić information content (AvgIpc) is 2.49. The molecule has 2 aromatic carbocycles. The van der Waals surface area contributed by atoms with E-state index in [1.165, 1.54) is 18.2 Å². The highest BCUT2D eigenvalue weighted by Crippen LogP contribution is 2.18. The Labute approximate surface area is 149 Å². The number of hydrogen-bond acceptors (Lipinski definition) is 2. The van der Waals surface area contributed by atoms with E-state index in [-0.39, 0.29) is 24.8 Å². The first-order valence-electron chi connectivity index (χ1n) is 6.74. The highest BCUT2D eigenvalue weighted by Gasteiger charge is 2.11. The number of halogens is 3. The molecule has 0 radical (unpaired) electrons. The summed E-state index contributed by atoms with van der Waals surface area (Å²) < 4.78 is 14.3. The minimum atomic E-state index is -0.428. The topological polar surface area (TPSA) is 58.2 Å². The Morgan fingerprint density at radius 3 is 2.39 bits per heavy atom. The third-order valence-electron chi connectivity index (χ3n) is 2.94. The predicted octanol–water partition coefficient (Wildman–Crippen LogP) is 4.11. The van der Waals surface area contributed by atoms with Gasteiger partial charge >= 0.3 is 0 Å². The zero-order valence-corrected chi connectivity index (χ0v) is 15.1. The van der Waals surface area contributed by atoms with E-state index in [0.717, 1.165) is 4.47 Å². The molecule has 120 valence electrons. The Balaban J connectivity index is 1.81. The lowest BCUT2D eigenvalue weighted by atomic mass is 10.2. The Morgan fingerprint density at radius 1 is 1.04 bits per heavy atom. The maximum Gasteiger partial charge on any atom is 0.252 e. The molecular weight excluding hydrogens is 431 g/mol. The van der Waals surface area contributed by atoms with Crippen LogP contribution < -0.4 is 10.6 Å². The number of carbonyl (C=O) groups is 2. The number of amides is 2. The minimum Gasteiger partial charge on any atom is -0.351 e. The van der Waals surface area contributed by atoms with Crippen molar-refractivity contribution < 1.29 is 14.0 Å². The molecule has 0 aliphatic heterocycles. The van der Waals surface area contributed by atoms with Crippen molar-refractivity contribution in [1.29, 1.82) is 0 Å². The molecule has 2 N–H and O–H groups in total. The van der Waals surface area contributed by atoms with Crippen LogP contribution in [0.4, 0.5) is 10.1 Å². The zero-order valence-electron chi connectivity index (χ0n) is 11.9. The van der Waals surface area contributed by atoms with Gasteiger partial charge < -0.3 is 10.6 Å². The molecule has 2 amide bonds. The smallest absolute Gasteiger partial charge is 0.252 e. The molecule has 0 aliphatic rings. The third-order valence-corrected chi connectivity index (χ3v) is 4.13. The number of anilines is 1. The first kappa shape index (κ1) is 17.6. The van der Waals surface area contributed by atoms with Gasteiger partial charge in [0.15, 0.2) is 0 Å². The molecule has 23 heavy (non-hydrogen) atoms. The van der Waals surface area contributed by atoms with Crippen molar-refractivity contribution in [2.24, 2.45) is 0 Å². The van der Waals surface area contributed by atoms with Gasteiger partial charge in [0.05, 0.1) is 5.56 Å². The van der Waals surface area contributed by atoms with Crippen LogP contribution in [0.15, 0.2) is 51.4 Å². The number of nitrogens with one attached hydrogen (secondary N) is 2. The van der Waals surface area contributed by atoms with E-state index in [4.69, 9.17) is 0 Å². The van der Waals surface area contributed by atoms with E-state index in [0.29, 0.717) is 15.7 Å². The quantitative estimate of drug-likeness (QED) is 0.730. The molecule has 0 saturated heterocycles. The third kappa shape index (κ3) is 5.44. The molecule has 0 spiro atoms. The summed E-state index contributed by atoms with van der Waals surface area (Å²) in [6, 6.07) is 11.0. The van der Waals surface area contributed by atoms with E-state index in [2.05, 4.69) is 42.5 Å². The average molecular weight is 444 g/mol. The normalized spacial score (nSPS) is 10.2. The molecule has 0 saturated carbocycles. The van der Waals surface area contributed by atoms with Gasteiger partial charge in [-0.15, -0.1) is 0 Å². The highest BCUT2D eigenvalue weighted by molar-refractivity contribution is 9.10. The lowest BCUT2D eigenvalue weighted by Gasteiger charge is -2.08. The first-order chi connectivity index (χ1) is 11.0. The van der Waals surface area contributed by atoms with Crippen LogP contribution in [0.5, 0.6) is 0 Å². The molecule has 2 rings (SSSR count). The molecule has 0 fully saturated rings. The van der Waals surface area contributed by atoms with Gasteiger partial charge in [-0.25, -0.2) is 4.39 Å². The Morgan fingerprint density at radius 2 is 1.74 bits per heavy atom. The van der Waals surface area contributed by atoms with Crippen LogP contribution in [0.1, 0.15) is 16.8 Å². The van der Waals surface area contributed by atoms with Gasteiger partial charge in [0, 0.05) is 27.6 Å². The molecule has 4 nitrogen and oxygen atoms in total. The standard InChI is InChI=1S/C16H13Br2FN2O2/c17-10-1-4-12(5-2-10)21-15(22)7-8-20-16(23)13-6-3-11(19)9-14(13)18/h1-6,9H,7-8H2,(H,20,23)(H,21,22). The van der Waals surface area contributed by atoms with E-state index in [1.807, 2.05) is 12.1 Å². The van der Waals surface area contributed by atoms with Crippen molar-refractivity contribution >= 4 is 49.4 Å². The fourth-order valence-corrected chi connectivity index (χ4v) is 2.61. The second-order valence-corrected chi connectivity index (χ2v) is 6.46. The summed E-state index contributed by atoms with van der Waals surface area (Å²) in [4.78, 5) is 23.7. The van der Waals surface area contributed by atoms with Crippen LogP contribution in [0.3, 0.4) is 0 Å². The second-order valence-electron chi connectivity index (χ2n) is 4.69.